The lowest BCUT2D eigenvalue weighted by Crippen LogP contribution is -2.39. The number of benzene rings is 2. The molecular formula is C22H23N3O3. The number of fused-ring (bicyclic) bond motifs is 1. The highest BCUT2D eigenvalue weighted by Gasteiger charge is 2.25. The lowest BCUT2D eigenvalue weighted by atomic mass is 9.99. The fourth-order valence-corrected chi connectivity index (χ4v) is 3.63. The van der Waals surface area contributed by atoms with Crippen LogP contribution in [0.2, 0.25) is 0 Å². The molecule has 6 heteroatoms. The SMILES string of the molecule is COc1cccc(-n2nc(C(=O)N3CCC(C)CC3)c3ccccc3c2=O)c1. The van der Waals surface area contributed by atoms with Gasteiger partial charge in [0.25, 0.3) is 11.5 Å². The van der Waals surface area contributed by atoms with Crippen molar-refractivity contribution in [3.8, 4) is 11.4 Å². The van der Waals surface area contributed by atoms with E-state index in [-0.39, 0.29) is 11.5 Å². The van der Waals surface area contributed by atoms with Crippen molar-refractivity contribution in [1.29, 1.82) is 0 Å². The fraction of sp³-hybridized carbons (Fsp3) is 0.318. The maximum absolute atomic E-state index is 13.3. The van der Waals surface area contributed by atoms with Crippen LogP contribution in [0.1, 0.15) is 30.3 Å². The lowest BCUT2D eigenvalue weighted by Gasteiger charge is -2.30. The Labute approximate surface area is 163 Å². The highest BCUT2D eigenvalue weighted by Crippen LogP contribution is 2.22. The Bertz CT molecular complexity index is 1080. The number of rotatable bonds is 3. The van der Waals surface area contributed by atoms with Crippen LogP contribution < -0.4 is 10.3 Å². The number of piperidine rings is 1. The van der Waals surface area contributed by atoms with Gasteiger partial charge >= 0.3 is 0 Å². The van der Waals surface area contributed by atoms with Crippen molar-refractivity contribution in [3.05, 3.63) is 64.6 Å². The molecule has 2 heterocycles. The quantitative estimate of drug-likeness (QED) is 0.703. The summed E-state index contributed by atoms with van der Waals surface area (Å²) in [4.78, 5) is 28.2. The number of aromatic nitrogens is 2. The van der Waals surface area contributed by atoms with Crippen molar-refractivity contribution >= 4 is 16.7 Å². The molecule has 0 bridgehead atoms. The first kappa shape index (κ1) is 18.2. The first-order valence-corrected chi connectivity index (χ1v) is 9.54. The Kier molecular flexibility index (Phi) is 4.86. The Hall–Kier alpha value is -3.15. The zero-order chi connectivity index (χ0) is 19.7. The van der Waals surface area contributed by atoms with Crippen molar-refractivity contribution in [3.63, 3.8) is 0 Å². The molecule has 0 unspecified atom stereocenters. The van der Waals surface area contributed by atoms with Gasteiger partial charge in [-0.3, -0.25) is 9.59 Å². The molecule has 0 spiro atoms. The van der Waals surface area contributed by atoms with E-state index in [4.69, 9.17) is 4.74 Å². The standard InChI is InChI=1S/C22H23N3O3/c1-15-10-12-24(13-11-15)22(27)20-18-8-3-4-9-19(18)21(26)25(23-20)16-6-5-7-17(14-16)28-2/h3-9,14-15H,10-13H2,1-2H3. The molecule has 0 atom stereocenters. The maximum atomic E-state index is 13.3. The van der Waals surface area contributed by atoms with Crippen LogP contribution in [-0.2, 0) is 0 Å². The lowest BCUT2D eigenvalue weighted by molar-refractivity contribution is 0.0691. The summed E-state index contributed by atoms with van der Waals surface area (Å²) < 4.78 is 6.56. The summed E-state index contributed by atoms with van der Waals surface area (Å²) in [5.41, 5.74) is 0.622. The number of hydrogen-bond acceptors (Lipinski definition) is 4. The van der Waals surface area contributed by atoms with Crippen molar-refractivity contribution in [2.45, 2.75) is 19.8 Å². The largest absolute Gasteiger partial charge is 0.497 e. The molecule has 0 radical (unpaired) electrons. The van der Waals surface area contributed by atoms with Gasteiger partial charge in [0.05, 0.1) is 18.2 Å². The fourth-order valence-electron chi connectivity index (χ4n) is 3.63. The number of nitrogens with zero attached hydrogens (tertiary/aromatic N) is 3. The van der Waals surface area contributed by atoms with Crippen LogP contribution in [0.4, 0.5) is 0 Å². The van der Waals surface area contributed by atoms with Gasteiger partial charge in [-0.1, -0.05) is 31.2 Å². The minimum Gasteiger partial charge on any atom is -0.497 e. The van der Waals surface area contributed by atoms with Gasteiger partial charge in [0.2, 0.25) is 0 Å². The molecule has 3 aromatic rings. The maximum Gasteiger partial charge on any atom is 0.279 e. The van der Waals surface area contributed by atoms with Crippen LogP contribution in [0, 0.1) is 5.92 Å². The number of amides is 1. The van der Waals surface area contributed by atoms with Crippen molar-refractivity contribution in [2.75, 3.05) is 20.2 Å². The van der Waals surface area contributed by atoms with Gasteiger partial charge < -0.3 is 9.64 Å². The highest BCUT2D eigenvalue weighted by atomic mass is 16.5. The number of methoxy groups -OCH3 is 1. The van der Waals surface area contributed by atoms with Gasteiger partial charge in [-0.25, -0.2) is 0 Å². The summed E-state index contributed by atoms with van der Waals surface area (Å²) in [6.45, 7) is 3.64. The third kappa shape index (κ3) is 3.26. The minimum absolute atomic E-state index is 0.125. The molecule has 1 saturated heterocycles. The summed E-state index contributed by atoms with van der Waals surface area (Å²) >= 11 is 0. The van der Waals surface area contributed by atoms with E-state index in [1.54, 1.807) is 49.6 Å². The molecule has 1 aliphatic rings. The number of carbonyl (C=O) groups excluding carboxylic acids is 1. The third-order valence-electron chi connectivity index (χ3n) is 5.38. The summed E-state index contributed by atoms with van der Waals surface area (Å²) in [6, 6.07) is 14.3. The van der Waals surface area contributed by atoms with Crippen LogP contribution in [0.15, 0.2) is 53.3 Å². The van der Waals surface area contributed by atoms with E-state index < -0.39 is 0 Å². The normalized spacial score (nSPS) is 15.0. The third-order valence-corrected chi connectivity index (χ3v) is 5.38. The number of ether oxygens (including phenoxy) is 1. The van der Waals surface area contributed by atoms with Gasteiger partial charge in [-0.2, -0.15) is 9.78 Å². The molecule has 144 valence electrons. The van der Waals surface area contributed by atoms with E-state index in [9.17, 15) is 9.59 Å². The molecule has 0 aliphatic carbocycles. The van der Waals surface area contributed by atoms with E-state index in [1.165, 1.54) is 4.68 Å². The summed E-state index contributed by atoms with van der Waals surface area (Å²) in [7, 11) is 1.57. The summed E-state index contributed by atoms with van der Waals surface area (Å²) in [5.74, 6) is 1.12. The summed E-state index contributed by atoms with van der Waals surface area (Å²) in [5, 5.41) is 5.57. The second-order valence-electron chi connectivity index (χ2n) is 7.29. The van der Waals surface area contributed by atoms with Crippen LogP contribution >= 0.6 is 0 Å². The van der Waals surface area contributed by atoms with Crippen LogP contribution in [0.25, 0.3) is 16.5 Å². The number of hydrogen-bond donors (Lipinski definition) is 0. The van der Waals surface area contributed by atoms with Gasteiger partial charge in [0.1, 0.15) is 5.75 Å². The predicted octanol–water partition coefficient (Wildman–Crippen LogP) is 3.27. The van der Waals surface area contributed by atoms with Gasteiger partial charge in [-0.15, -0.1) is 0 Å². The van der Waals surface area contributed by atoms with Gasteiger partial charge in [0.15, 0.2) is 5.69 Å². The molecule has 0 N–H and O–H groups in total. The minimum atomic E-state index is -0.257. The Morgan fingerprint density at radius 2 is 1.79 bits per heavy atom. The highest BCUT2D eigenvalue weighted by molar-refractivity contribution is 6.04. The molecule has 1 amide bonds. The zero-order valence-corrected chi connectivity index (χ0v) is 16.1. The second kappa shape index (κ2) is 7.46. The van der Waals surface area contributed by atoms with E-state index in [0.717, 1.165) is 12.8 Å². The monoisotopic (exact) mass is 377 g/mol. The molecule has 1 fully saturated rings. The van der Waals surface area contributed by atoms with E-state index in [1.807, 2.05) is 11.0 Å². The molecule has 0 saturated carbocycles. The second-order valence-corrected chi connectivity index (χ2v) is 7.29. The Balaban J connectivity index is 1.87. The van der Waals surface area contributed by atoms with Crippen molar-refractivity contribution in [2.24, 2.45) is 5.92 Å². The Morgan fingerprint density at radius 1 is 1.07 bits per heavy atom. The topological polar surface area (TPSA) is 64.4 Å². The van der Waals surface area contributed by atoms with Crippen LogP contribution in [-0.4, -0.2) is 40.8 Å². The average Bonchev–Trinajstić information content (AvgIpc) is 2.74. The van der Waals surface area contributed by atoms with Crippen molar-refractivity contribution in [1.82, 2.24) is 14.7 Å². The smallest absolute Gasteiger partial charge is 0.279 e. The first-order chi connectivity index (χ1) is 13.6. The van der Waals surface area contributed by atoms with Crippen molar-refractivity contribution < 1.29 is 9.53 Å². The summed E-state index contributed by atoms with van der Waals surface area (Å²) in [6.07, 6.45) is 1.97. The first-order valence-electron chi connectivity index (χ1n) is 9.54. The molecule has 1 aromatic heterocycles. The van der Waals surface area contributed by atoms with E-state index in [0.29, 0.717) is 46.9 Å². The average molecular weight is 377 g/mol. The Morgan fingerprint density at radius 3 is 2.50 bits per heavy atom. The molecule has 6 nitrogen and oxygen atoms in total. The predicted molar refractivity (Wildman–Crippen MR) is 108 cm³/mol. The number of likely N-dealkylation sites (tertiary alicyclic amines) is 1. The molecule has 2 aromatic carbocycles. The molecule has 4 rings (SSSR count). The molecule has 28 heavy (non-hydrogen) atoms. The van der Waals surface area contributed by atoms with Crippen LogP contribution in [0.5, 0.6) is 5.75 Å². The van der Waals surface area contributed by atoms with Gasteiger partial charge in [0, 0.05) is 24.5 Å². The van der Waals surface area contributed by atoms with E-state index in [2.05, 4.69) is 12.0 Å². The van der Waals surface area contributed by atoms with E-state index >= 15 is 0 Å². The zero-order valence-electron chi connectivity index (χ0n) is 16.1. The molecular weight excluding hydrogens is 354 g/mol. The van der Waals surface area contributed by atoms with Crippen LogP contribution in [0.3, 0.4) is 0 Å². The molecule has 1 aliphatic heterocycles. The van der Waals surface area contributed by atoms with Gasteiger partial charge in [-0.05, 0) is 37.0 Å². The number of carbonyl (C=O) groups is 1.